The Bertz CT molecular complexity index is 299. The van der Waals surface area contributed by atoms with E-state index in [1.807, 2.05) is 0 Å². The molecule has 1 atom stereocenters. The van der Waals surface area contributed by atoms with Crippen molar-refractivity contribution >= 4 is 11.3 Å². The zero-order valence-electron chi connectivity index (χ0n) is 10.6. The number of hydrogen-bond acceptors (Lipinski definition) is 4. The molecule has 1 aromatic rings. The van der Waals surface area contributed by atoms with Crippen LogP contribution in [-0.4, -0.2) is 18.1 Å². The van der Waals surface area contributed by atoms with Gasteiger partial charge in [-0.3, -0.25) is 0 Å². The van der Waals surface area contributed by atoms with Crippen LogP contribution in [0.3, 0.4) is 0 Å². The van der Waals surface area contributed by atoms with E-state index < -0.39 is 0 Å². The highest BCUT2D eigenvalue weighted by atomic mass is 32.1. The van der Waals surface area contributed by atoms with Crippen molar-refractivity contribution in [3.63, 3.8) is 0 Å². The molecule has 92 valence electrons. The van der Waals surface area contributed by atoms with Crippen LogP contribution in [0, 0.1) is 5.92 Å². The Morgan fingerprint density at radius 3 is 2.81 bits per heavy atom. The molecule has 1 heterocycles. The van der Waals surface area contributed by atoms with Gasteiger partial charge in [-0.15, -0.1) is 11.3 Å². The minimum Gasteiger partial charge on any atom is -0.378 e. The van der Waals surface area contributed by atoms with Crippen LogP contribution in [-0.2, 0) is 17.9 Å². The van der Waals surface area contributed by atoms with Crippen molar-refractivity contribution in [1.29, 1.82) is 0 Å². The van der Waals surface area contributed by atoms with Gasteiger partial charge in [0.05, 0.1) is 12.3 Å². The Morgan fingerprint density at radius 1 is 1.50 bits per heavy atom. The van der Waals surface area contributed by atoms with E-state index in [1.54, 1.807) is 18.4 Å². The number of aromatic nitrogens is 1. The molecule has 16 heavy (non-hydrogen) atoms. The molecule has 0 radical (unpaired) electrons. The monoisotopic (exact) mass is 242 g/mol. The van der Waals surface area contributed by atoms with E-state index >= 15 is 0 Å². The van der Waals surface area contributed by atoms with Gasteiger partial charge in [-0.2, -0.15) is 0 Å². The second-order valence-corrected chi connectivity index (χ2v) is 5.25. The normalized spacial score (nSPS) is 13.3. The van der Waals surface area contributed by atoms with Crippen molar-refractivity contribution in [1.82, 2.24) is 10.3 Å². The van der Waals surface area contributed by atoms with Crippen LogP contribution in [0.15, 0.2) is 5.38 Å². The van der Waals surface area contributed by atoms with Gasteiger partial charge in [-0.1, -0.05) is 20.8 Å². The average molecular weight is 242 g/mol. The van der Waals surface area contributed by atoms with Gasteiger partial charge in [0, 0.05) is 25.1 Å². The maximum Gasteiger partial charge on any atom is 0.119 e. The molecule has 1 aromatic heterocycles. The van der Waals surface area contributed by atoms with Gasteiger partial charge < -0.3 is 10.1 Å². The van der Waals surface area contributed by atoms with Crippen molar-refractivity contribution in [2.45, 2.75) is 46.4 Å². The number of hydrogen-bond donors (Lipinski definition) is 1. The second-order valence-electron chi connectivity index (χ2n) is 4.31. The minimum atomic E-state index is 0.576. The molecule has 0 bridgehead atoms. The van der Waals surface area contributed by atoms with Gasteiger partial charge in [-0.25, -0.2) is 4.98 Å². The number of rotatable bonds is 7. The average Bonchev–Trinajstić information content (AvgIpc) is 2.67. The molecule has 0 aromatic carbocycles. The van der Waals surface area contributed by atoms with Gasteiger partial charge in [0.15, 0.2) is 0 Å². The Kier molecular flexibility index (Phi) is 5.95. The summed E-state index contributed by atoms with van der Waals surface area (Å²) in [5, 5.41) is 6.70. The van der Waals surface area contributed by atoms with Crippen LogP contribution in [0.1, 0.15) is 37.9 Å². The predicted octanol–water partition coefficient (Wildman–Crippen LogP) is 2.81. The van der Waals surface area contributed by atoms with Gasteiger partial charge in [0.25, 0.3) is 0 Å². The summed E-state index contributed by atoms with van der Waals surface area (Å²) < 4.78 is 5.05. The Labute approximate surface area is 102 Å². The van der Waals surface area contributed by atoms with Crippen LogP contribution >= 0.6 is 11.3 Å². The fourth-order valence-corrected chi connectivity index (χ4v) is 2.47. The molecule has 0 saturated carbocycles. The van der Waals surface area contributed by atoms with Gasteiger partial charge >= 0.3 is 0 Å². The summed E-state index contributed by atoms with van der Waals surface area (Å²) in [6, 6.07) is 0.576. The van der Waals surface area contributed by atoms with Crippen molar-refractivity contribution in [2.24, 2.45) is 5.92 Å². The zero-order chi connectivity index (χ0) is 12.0. The topological polar surface area (TPSA) is 34.1 Å². The van der Waals surface area contributed by atoms with Gasteiger partial charge in [-0.05, 0) is 12.3 Å². The van der Waals surface area contributed by atoms with Crippen LogP contribution in [0.4, 0.5) is 0 Å². The quantitative estimate of drug-likeness (QED) is 0.798. The molecular formula is C12H22N2OS. The molecule has 1 unspecified atom stereocenters. The fourth-order valence-electron chi connectivity index (χ4n) is 1.71. The minimum absolute atomic E-state index is 0.576. The molecule has 1 rings (SSSR count). The van der Waals surface area contributed by atoms with E-state index in [0.717, 1.165) is 23.7 Å². The highest BCUT2D eigenvalue weighted by Crippen LogP contribution is 2.12. The number of thiazole rings is 1. The zero-order valence-corrected chi connectivity index (χ0v) is 11.4. The lowest BCUT2D eigenvalue weighted by atomic mass is 10.0. The summed E-state index contributed by atoms with van der Waals surface area (Å²) in [5.41, 5.74) is 1.12. The first-order valence-electron chi connectivity index (χ1n) is 5.83. The third-order valence-corrected chi connectivity index (χ3v) is 3.53. The van der Waals surface area contributed by atoms with E-state index in [1.165, 1.54) is 0 Å². The van der Waals surface area contributed by atoms with Gasteiger partial charge in [0.1, 0.15) is 5.01 Å². The summed E-state index contributed by atoms with van der Waals surface area (Å²) in [5.74, 6) is 0.669. The molecule has 0 aliphatic heterocycles. The van der Waals surface area contributed by atoms with Crippen LogP contribution in [0.25, 0.3) is 0 Å². The fraction of sp³-hybridized carbons (Fsp3) is 0.750. The lowest BCUT2D eigenvalue weighted by Crippen LogP contribution is -2.32. The molecular weight excluding hydrogens is 220 g/mol. The van der Waals surface area contributed by atoms with Crippen molar-refractivity contribution in [3.05, 3.63) is 16.1 Å². The third-order valence-electron chi connectivity index (χ3n) is 2.66. The molecule has 0 saturated heterocycles. The van der Waals surface area contributed by atoms with E-state index in [2.05, 4.69) is 36.5 Å². The Morgan fingerprint density at radius 2 is 2.25 bits per heavy atom. The summed E-state index contributed by atoms with van der Waals surface area (Å²) >= 11 is 1.67. The first kappa shape index (κ1) is 13.6. The molecule has 0 spiro atoms. The first-order valence-corrected chi connectivity index (χ1v) is 6.71. The predicted molar refractivity (Wildman–Crippen MR) is 68.6 cm³/mol. The van der Waals surface area contributed by atoms with Crippen LogP contribution < -0.4 is 5.32 Å². The summed E-state index contributed by atoms with van der Waals surface area (Å²) in [4.78, 5) is 4.50. The number of ether oxygens (including phenoxy) is 1. The van der Waals surface area contributed by atoms with Crippen LogP contribution in [0.2, 0.25) is 0 Å². The molecule has 0 aliphatic carbocycles. The lowest BCUT2D eigenvalue weighted by molar-refractivity contribution is 0.184. The largest absolute Gasteiger partial charge is 0.378 e. The standard InChI is InChI=1S/C12H22N2OS/c1-5-11(9(2)3)13-6-10-8-16-12(14-10)7-15-4/h8-9,11,13H,5-7H2,1-4H3. The van der Waals surface area contributed by atoms with Crippen LogP contribution in [0.5, 0.6) is 0 Å². The summed E-state index contributed by atoms with van der Waals surface area (Å²) in [7, 11) is 1.70. The lowest BCUT2D eigenvalue weighted by Gasteiger charge is -2.19. The van der Waals surface area contributed by atoms with E-state index in [0.29, 0.717) is 18.6 Å². The molecule has 0 amide bonds. The first-order chi connectivity index (χ1) is 7.67. The molecule has 0 fully saturated rings. The number of nitrogens with zero attached hydrogens (tertiary/aromatic N) is 1. The highest BCUT2D eigenvalue weighted by Gasteiger charge is 2.10. The van der Waals surface area contributed by atoms with Crippen molar-refractivity contribution < 1.29 is 4.74 Å². The maximum atomic E-state index is 5.05. The van der Waals surface area contributed by atoms with Crippen molar-refractivity contribution in [2.75, 3.05) is 7.11 Å². The Balaban J connectivity index is 2.41. The summed E-state index contributed by atoms with van der Waals surface area (Å²) in [6.45, 7) is 8.19. The SMILES string of the molecule is CCC(NCc1csc(COC)n1)C(C)C. The number of methoxy groups -OCH3 is 1. The van der Waals surface area contributed by atoms with Crippen molar-refractivity contribution in [3.8, 4) is 0 Å². The van der Waals surface area contributed by atoms with E-state index in [4.69, 9.17) is 4.74 Å². The molecule has 1 N–H and O–H groups in total. The number of nitrogens with one attached hydrogen (secondary N) is 1. The second kappa shape index (κ2) is 6.99. The maximum absolute atomic E-state index is 5.05. The van der Waals surface area contributed by atoms with Gasteiger partial charge in [0.2, 0.25) is 0 Å². The third kappa shape index (κ3) is 4.20. The summed E-state index contributed by atoms with van der Waals surface area (Å²) in [6.07, 6.45) is 1.16. The molecule has 0 aliphatic rings. The highest BCUT2D eigenvalue weighted by molar-refractivity contribution is 7.09. The molecule has 3 nitrogen and oxygen atoms in total. The smallest absolute Gasteiger partial charge is 0.119 e. The molecule has 4 heteroatoms. The Hall–Kier alpha value is -0.450. The van der Waals surface area contributed by atoms with E-state index in [9.17, 15) is 0 Å². The van der Waals surface area contributed by atoms with E-state index in [-0.39, 0.29) is 0 Å².